The van der Waals surface area contributed by atoms with Crippen molar-refractivity contribution in [1.29, 1.82) is 0 Å². The molecule has 1 unspecified atom stereocenters. The summed E-state index contributed by atoms with van der Waals surface area (Å²) in [5.74, 6) is 0.127. The Hall–Kier alpha value is -1.05. The van der Waals surface area contributed by atoms with E-state index >= 15 is 0 Å². The van der Waals surface area contributed by atoms with Crippen molar-refractivity contribution in [1.82, 2.24) is 4.90 Å². The molecule has 0 saturated carbocycles. The molecule has 0 radical (unpaired) electrons. The number of hydrogen-bond acceptors (Lipinski definition) is 1. The van der Waals surface area contributed by atoms with E-state index in [0.717, 1.165) is 6.42 Å². The molecule has 1 aliphatic heterocycles. The van der Waals surface area contributed by atoms with E-state index in [1.165, 1.54) is 12.8 Å². The summed E-state index contributed by atoms with van der Waals surface area (Å²) in [5.41, 5.74) is 0. The number of carbonyl (C=O) groups is 1. The summed E-state index contributed by atoms with van der Waals surface area (Å²) in [6, 6.07) is 0.280. The summed E-state index contributed by atoms with van der Waals surface area (Å²) in [5, 5.41) is 0. The lowest BCUT2D eigenvalue weighted by Gasteiger charge is -2.27. The second-order valence-electron chi connectivity index (χ2n) is 3.36. The van der Waals surface area contributed by atoms with Crippen molar-refractivity contribution in [3.05, 3.63) is 24.4 Å². The number of hydrogen-bond donors (Lipinski definition) is 0. The van der Waals surface area contributed by atoms with Gasteiger partial charge < -0.3 is 4.90 Å². The van der Waals surface area contributed by atoms with Crippen LogP contribution in [-0.4, -0.2) is 16.8 Å². The van der Waals surface area contributed by atoms with Crippen LogP contribution in [0, 0.1) is 0 Å². The third-order valence-corrected chi connectivity index (χ3v) is 2.27. The van der Waals surface area contributed by atoms with Gasteiger partial charge >= 0.3 is 0 Å². The fourth-order valence-corrected chi connectivity index (χ4v) is 1.53. The summed E-state index contributed by atoms with van der Waals surface area (Å²) in [7, 11) is 0. The zero-order chi connectivity index (χ0) is 9.68. The van der Waals surface area contributed by atoms with E-state index in [-0.39, 0.29) is 11.9 Å². The maximum atomic E-state index is 11.2. The molecule has 2 heteroatoms. The Morgan fingerprint density at radius 2 is 2.23 bits per heavy atom. The Morgan fingerprint density at radius 3 is 2.85 bits per heavy atom. The minimum atomic E-state index is 0.127. The van der Waals surface area contributed by atoms with E-state index in [0.29, 0.717) is 0 Å². The van der Waals surface area contributed by atoms with Crippen molar-refractivity contribution in [2.45, 2.75) is 39.2 Å². The van der Waals surface area contributed by atoms with E-state index < -0.39 is 0 Å². The van der Waals surface area contributed by atoms with Crippen molar-refractivity contribution < 1.29 is 4.79 Å². The largest absolute Gasteiger partial charge is 0.312 e. The summed E-state index contributed by atoms with van der Waals surface area (Å²) >= 11 is 0. The van der Waals surface area contributed by atoms with Gasteiger partial charge in [-0.25, -0.2) is 0 Å². The molecule has 1 rings (SSSR count). The Kier molecular flexibility index (Phi) is 3.74. The molecule has 72 valence electrons. The van der Waals surface area contributed by atoms with Crippen LogP contribution in [0.25, 0.3) is 0 Å². The van der Waals surface area contributed by atoms with Crippen molar-refractivity contribution in [2.75, 3.05) is 0 Å². The molecule has 2 nitrogen and oxygen atoms in total. The fraction of sp³-hybridized carbons (Fsp3) is 0.545. The van der Waals surface area contributed by atoms with E-state index in [4.69, 9.17) is 0 Å². The normalized spacial score (nSPS) is 20.8. The molecule has 0 aromatic carbocycles. The molecule has 1 heterocycles. The SMILES string of the molecule is CCCCC1C=CC=CN1C(C)=O. The van der Waals surface area contributed by atoms with Crippen LogP contribution in [0.4, 0.5) is 0 Å². The van der Waals surface area contributed by atoms with E-state index in [2.05, 4.69) is 13.0 Å². The standard InChI is InChI=1S/C11H17NO/c1-3-4-7-11-8-5-6-9-12(11)10(2)13/h5-6,8-9,11H,3-4,7H2,1-2H3. The predicted molar refractivity (Wildman–Crippen MR) is 54.1 cm³/mol. The number of allylic oxidation sites excluding steroid dienone is 2. The Bertz CT molecular complexity index is 230. The molecule has 0 spiro atoms. The average Bonchev–Trinajstić information content (AvgIpc) is 2.15. The quantitative estimate of drug-likeness (QED) is 0.651. The molecule has 0 bridgehead atoms. The van der Waals surface area contributed by atoms with E-state index in [9.17, 15) is 4.79 Å². The molecule has 0 aromatic heterocycles. The van der Waals surface area contributed by atoms with Gasteiger partial charge in [-0.3, -0.25) is 4.79 Å². The average molecular weight is 179 g/mol. The number of carbonyl (C=O) groups excluding carboxylic acids is 1. The van der Waals surface area contributed by atoms with Crippen LogP contribution in [0.5, 0.6) is 0 Å². The van der Waals surface area contributed by atoms with Gasteiger partial charge in [0.1, 0.15) is 0 Å². The number of unbranched alkanes of at least 4 members (excludes halogenated alkanes) is 1. The second-order valence-corrected chi connectivity index (χ2v) is 3.36. The van der Waals surface area contributed by atoms with Gasteiger partial charge in [0, 0.05) is 13.1 Å². The highest BCUT2D eigenvalue weighted by atomic mass is 16.2. The van der Waals surface area contributed by atoms with Crippen LogP contribution in [0.2, 0.25) is 0 Å². The van der Waals surface area contributed by atoms with Gasteiger partial charge in [-0.05, 0) is 12.5 Å². The Balaban J connectivity index is 2.54. The lowest BCUT2D eigenvalue weighted by molar-refractivity contribution is -0.127. The maximum Gasteiger partial charge on any atom is 0.223 e. The van der Waals surface area contributed by atoms with E-state index in [1.807, 2.05) is 18.4 Å². The lowest BCUT2D eigenvalue weighted by Crippen LogP contribution is -2.34. The summed E-state index contributed by atoms with van der Waals surface area (Å²) in [4.78, 5) is 13.0. The van der Waals surface area contributed by atoms with Gasteiger partial charge in [0.05, 0.1) is 6.04 Å². The number of rotatable bonds is 3. The smallest absolute Gasteiger partial charge is 0.223 e. The van der Waals surface area contributed by atoms with Gasteiger partial charge in [0.2, 0.25) is 5.91 Å². The van der Waals surface area contributed by atoms with Crippen molar-refractivity contribution >= 4 is 5.91 Å². The third-order valence-electron chi connectivity index (χ3n) is 2.27. The predicted octanol–water partition coefficient (Wildman–Crippen LogP) is 2.48. The maximum absolute atomic E-state index is 11.2. The molecule has 0 aromatic rings. The molecule has 0 saturated heterocycles. The molecule has 13 heavy (non-hydrogen) atoms. The topological polar surface area (TPSA) is 20.3 Å². The van der Waals surface area contributed by atoms with Crippen LogP contribution < -0.4 is 0 Å². The molecular weight excluding hydrogens is 162 g/mol. The molecule has 0 aliphatic carbocycles. The Labute approximate surface area is 79.9 Å². The van der Waals surface area contributed by atoms with Crippen molar-refractivity contribution in [3.8, 4) is 0 Å². The minimum absolute atomic E-state index is 0.127. The highest BCUT2D eigenvalue weighted by Crippen LogP contribution is 2.14. The Morgan fingerprint density at radius 1 is 1.46 bits per heavy atom. The van der Waals surface area contributed by atoms with Crippen LogP contribution in [0.1, 0.15) is 33.1 Å². The van der Waals surface area contributed by atoms with Gasteiger partial charge in [-0.15, -0.1) is 0 Å². The van der Waals surface area contributed by atoms with Gasteiger partial charge in [0.25, 0.3) is 0 Å². The molecular formula is C11H17NO. The monoisotopic (exact) mass is 179 g/mol. The molecule has 1 atom stereocenters. The first-order chi connectivity index (χ1) is 6.25. The van der Waals surface area contributed by atoms with Gasteiger partial charge in [0.15, 0.2) is 0 Å². The fourth-order valence-electron chi connectivity index (χ4n) is 1.53. The molecule has 1 aliphatic rings. The highest BCUT2D eigenvalue weighted by Gasteiger charge is 2.16. The minimum Gasteiger partial charge on any atom is -0.312 e. The molecule has 1 amide bonds. The van der Waals surface area contributed by atoms with Crippen molar-refractivity contribution in [2.24, 2.45) is 0 Å². The van der Waals surface area contributed by atoms with Crippen LogP contribution in [-0.2, 0) is 4.79 Å². The van der Waals surface area contributed by atoms with Crippen molar-refractivity contribution in [3.63, 3.8) is 0 Å². The summed E-state index contributed by atoms with van der Waals surface area (Å²) in [6.07, 6.45) is 11.3. The highest BCUT2D eigenvalue weighted by molar-refractivity contribution is 5.75. The van der Waals surface area contributed by atoms with Crippen LogP contribution in [0.15, 0.2) is 24.4 Å². The first kappa shape index (κ1) is 10.0. The second kappa shape index (κ2) is 4.85. The summed E-state index contributed by atoms with van der Waals surface area (Å²) < 4.78 is 0. The molecule has 0 N–H and O–H groups in total. The zero-order valence-corrected chi connectivity index (χ0v) is 8.36. The molecule has 0 fully saturated rings. The number of amides is 1. The first-order valence-electron chi connectivity index (χ1n) is 4.89. The zero-order valence-electron chi connectivity index (χ0n) is 8.36. The van der Waals surface area contributed by atoms with E-state index in [1.54, 1.807) is 11.8 Å². The lowest BCUT2D eigenvalue weighted by atomic mass is 10.1. The van der Waals surface area contributed by atoms with Gasteiger partial charge in [-0.1, -0.05) is 31.9 Å². The summed E-state index contributed by atoms with van der Waals surface area (Å²) in [6.45, 7) is 3.78. The van der Waals surface area contributed by atoms with Gasteiger partial charge in [-0.2, -0.15) is 0 Å². The van der Waals surface area contributed by atoms with Crippen LogP contribution in [0.3, 0.4) is 0 Å². The third kappa shape index (κ3) is 2.72. The number of nitrogens with zero attached hydrogens (tertiary/aromatic N) is 1. The first-order valence-corrected chi connectivity index (χ1v) is 4.89. The van der Waals surface area contributed by atoms with Crippen LogP contribution >= 0.6 is 0 Å².